The van der Waals surface area contributed by atoms with E-state index in [4.69, 9.17) is 26.7 Å². The van der Waals surface area contributed by atoms with Gasteiger partial charge in [0, 0.05) is 30.3 Å². The van der Waals surface area contributed by atoms with Crippen molar-refractivity contribution in [2.75, 3.05) is 26.1 Å². The van der Waals surface area contributed by atoms with Crippen LogP contribution in [0.25, 0.3) is 11.3 Å². The van der Waals surface area contributed by atoms with Crippen molar-refractivity contribution in [3.05, 3.63) is 65.9 Å². The molecule has 28 heavy (non-hydrogen) atoms. The smallest absolute Gasteiger partial charge is 0.120 e. The van der Waals surface area contributed by atoms with Crippen molar-refractivity contribution in [1.29, 1.82) is 0 Å². The summed E-state index contributed by atoms with van der Waals surface area (Å²) in [5.74, 6) is 1.60. The average molecular weight is 391 g/mol. The summed E-state index contributed by atoms with van der Waals surface area (Å²) in [6, 6.07) is 17.8. The summed E-state index contributed by atoms with van der Waals surface area (Å²) >= 11 is 5.58. The van der Waals surface area contributed by atoms with Crippen LogP contribution in [0, 0.1) is 0 Å². The molecule has 0 saturated heterocycles. The zero-order valence-electron chi connectivity index (χ0n) is 15.8. The van der Waals surface area contributed by atoms with Gasteiger partial charge in [-0.25, -0.2) is 0 Å². The van der Waals surface area contributed by atoms with Gasteiger partial charge in [0.15, 0.2) is 0 Å². The van der Waals surface area contributed by atoms with Gasteiger partial charge in [0.1, 0.15) is 16.5 Å². The average Bonchev–Trinajstić information content (AvgIpc) is 2.73. The van der Waals surface area contributed by atoms with Crippen LogP contribution in [0.3, 0.4) is 0 Å². The van der Waals surface area contributed by atoms with Crippen molar-refractivity contribution >= 4 is 28.6 Å². The van der Waals surface area contributed by atoms with Gasteiger partial charge in [-0.05, 0) is 30.3 Å². The van der Waals surface area contributed by atoms with E-state index in [1.165, 1.54) is 0 Å². The lowest BCUT2D eigenvalue weighted by Gasteiger charge is -2.23. The van der Waals surface area contributed by atoms with E-state index >= 15 is 0 Å². The molecule has 3 aromatic rings. The minimum Gasteiger partial charge on any atom is -0.497 e. The third kappa shape index (κ3) is 3.64. The van der Waals surface area contributed by atoms with Crippen molar-refractivity contribution in [3.63, 3.8) is 0 Å². The molecule has 2 heterocycles. The number of thiocarbonyl (C=S) groups is 1. The van der Waals surface area contributed by atoms with Gasteiger partial charge >= 0.3 is 0 Å². The second-order valence-corrected chi connectivity index (χ2v) is 6.88. The first kappa shape index (κ1) is 18.3. The van der Waals surface area contributed by atoms with Crippen LogP contribution in [0.15, 0.2) is 54.6 Å². The summed E-state index contributed by atoms with van der Waals surface area (Å²) in [4.78, 5) is 5.62. The molecule has 0 bridgehead atoms. The minimum absolute atomic E-state index is 0.719. The Morgan fingerprint density at radius 1 is 1.00 bits per heavy atom. The number of hydrogen-bond acceptors (Lipinski definition) is 5. The maximum atomic E-state index is 5.58. The Balaban J connectivity index is 1.82. The number of nitrogens with one attached hydrogen (secondary N) is 2. The van der Waals surface area contributed by atoms with Gasteiger partial charge in [0.05, 0.1) is 36.9 Å². The predicted molar refractivity (Wildman–Crippen MR) is 116 cm³/mol. The highest BCUT2D eigenvalue weighted by Crippen LogP contribution is 2.32. The summed E-state index contributed by atoms with van der Waals surface area (Å²) in [6.45, 7) is 0.791. The van der Waals surface area contributed by atoms with Crippen molar-refractivity contribution in [2.45, 2.75) is 6.42 Å². The lowest BCUT2D eigenvalue weighted by atomic mass is 10.0. The summed E-state index contributed by atoms with van der Waals surface area (Å²) in [7, 11) is 3.33. The second kappa shape index (κ2) is 7.86. The molecule has 6 heteroatoms. The number of pyridine rings is 1. The molecule has 1 aliphatic rings. The maximum Gasteiger partial charge on any atom is 0.120 e. The molecule has 0 fully saturated rings. The topological polar surface area (TPSA) is 55.4 Å². The molecule has 0 spiro atoms. The Hall–Kier alpha value is -3.12. The molecule has 0 aliphatic carbocycles. The third-order valence-corrected chi connectivity index (χ3v) is 5.03. The van der Waals surface area contributed by atoms with Gasteiger partial charge in [-0.15, -0.1) is 0 Å². The molecular formula is C22H21N3O2S. The SMILES string of the molecule is COc1cccc(Nc2cc(-c3cccc(OC)c3)nc3c2C(=S)NCC3)c1. The highest BCUT2D eigenvalue weighted by Gasteiger charge is 2.21. The van der Waals surface area contributed by atoms with Crippen molar-refractivity contribution < 1.29 is 9.47 Å². The molecular weight excluding hydrogens is 370 g/mol. The first-order valence-electron chi connectivity index (χ1n) is 9.05. The highest BCUT2D eigenvalue weighted by molar-refractivity contribution is 7.80. The molecule has 0 unspecified atom stereocenters. The van der Waals surface area contributed by atoms with Crippen molar-refractivity contribution in [3.8, 4) is 22.8 Å². The largest absolute Gasteiger partial charge is 0.497 e. The fraction of sp³-hybridized carbons (Fsp3) is 0.182. The van der Waals surface area contributed by atoms with Gasteiger partial charge in [-0.1, -0.05) is 30.4 Å². The number of methoxy groups -OCH3 is 2. The van der Waals surface area contributed by atoms with Gasteiger partial charge in [-0.3, -0.25) is 4.98 Å². The Kier molecular flexibility index (Phi) is 5.12. The van der Waals surface area contributed by atoms with E-state index in [2.05, 4.69) is 10.6 Å². The third-order valence-electron chi connectivity index (χ3n) is 4.68. The number of nitrogens with zero attached hydrogens (tertiary/aromatic N) is 1. The normalized spacial score (nSPS) is 12.7. The van der Waals surface area contributed by atoms with E-state index in [1.54, 1.807) is 14.2 Å². The standard InChI is InChI=1S/C22H21N3O2S/c1-26-16-7-3-5-14(11-16)19-13-20(21-18(25-19)9-10-23-22(21)28)24-15-6-4-8-17(12-15)27-2/h3-8,11-13H,9-10H2,1-2H3,(H,23,28)(H,24,25). The molecule has 4 rings (SSSR count). The van der Waals surface area contributed by atoms with Crippen LogP contribution in [0.5, 0.6) is 11.5 Å². The lowest BCUT2D eigenvalue weighted by molar-refractivity contribution is 0.415. The molecule has 0 amide bonds. The summed E-state index contributed by atoms with van der Waals surface area (Å²) in [6.07, 6.45) is 0.820. The fourth-order valence-corrected chi connectivity index (χ4v) is 3.63. The molecule has 0 atom stereocenters. The Morgan fingerprint density at radius 2 is 1.75 bits per heavy atom. The van der Waals surface area contributed by atoms with Crippen molar-refractivity contribution in [1.82, 2.24) is 10.3 Å². The second-order valence-electron chi connectivity index (χ2n) is 6.47. The predicted octanol–water partition coefficient (Wildman–Crippen LogP) is 4.33. The van der Waals surface area contributed by atoms with Gasteiger partial charge in [0.2, 0.25) is 0 Å². The minimum atomic E-state index is 0.719. The number of benzene rings is 2. The molecule has 5 nitrogen and oxygen atoms in total. The number of anilines is 2. The number of fused-ring (bicyclic) bond motifs is 1. The Bertz CT molecular complexity index is 1040. The number of ether oxygens (including phenoxy) is 2. The molecule has 2 N–H and O–H groups in total. The van der Waals surface area contributed by atoms with E-state index in [0.717, 1.165) is 63.3 Å². The number of rotatable bonds is 5. The number of hydrogen-bond donors (Lipinski definition) is 2. The first-order chi connectivity index (χ1) is 13.7. The van der Waals surface area contributed by atoms with E-state index in [-0.39, 0.29) is 0 Å². The van der Waals surface area contributed by atoms with Crippen LogP contribution < -0.4 is 20.1 Å². The summed E-state index contributed by atoms with van der Waals surface area (Å²) in [5.41, 5.74) is 5.68. The molecule has 2 aromatic carbocycles. The van der Waals surface area contributed by atoms with Crippen LogP contribution in [0.1, 0.15) is 11.3 Å². The van der Waals surface area contributed by atoms with E-state index in [9.17, 15) is 0 Å². The van der Waals surface area contributed by atoms with E-state index < -0.39 is 0 Å². The molecule has 0 saturated carbocycles. The van der Waals surface area contributed by atoms with E-state index in [1.807, 2.05) is 54.6 Å². The molecule has 1 aliphatic heterocycles. The lowest BCUT2D eigenvalue weighted by Crippen LogP contribution is -2.32. The highest BCUT2D eigenvalue weighted by atomic mass is 32.1. The zero-order chi connectivity index (χ0) is 19.5. The first-order valence-corrected chi connectivity index (χ1v) is 9.46. The summed E-state index contributed by atoms with van der Waals surface area (Å²) < 4.78 is 10.7. The van der Waals surface area contributed by atoms with Crippen LogP contribution >= 0.6 is 12.2 Å². The fourth-order valence-electron chi connectivity index (χ4n) is 3.30. The molecule has 0 radical (unpaired) electrons. The zero-order valence-corrected chi connectivity index (χ0v) is 16.6. The van der Waals surface area contributed by atoms with Crippen LogP contribution in [0.2, 0.25) is 0 Å². The molecule has 142 valence electrons. The monoisotopic (exact) mass is 391 g/mol. The van der Waals surface area contributed by atoms with Gasteiger partial charge in [0.25, 0.3) is 0 Å². The molecule has 1 aromatic heterocycles. The maximum absolute atomic E-state index is 5.58. The van der Waals surface area contributed by atoms with Crippen LogP contribution in [-0.2, 0) is 6.42 Å². The Morgan fingerprint density at radius 3 is 2.54 bits per heavy atom. The number of aromatic nitrogens is 1. The van der Waals surface area contributed by atoms with Crippen molar-refractivity contribution in [2.24, 2.45) is 0 Å². The van der Waals surface area contributed by atoms with E-state index in [0.29, 0.717) is 0 Å². The Labute approximate surface area is 169 Å². The van der Waals surface area contributed by atoms with Crippen LogP contribution in [-0.4, -0.2) is 30.7 Å². The quantitative estimate of drug-likeness (QED) is 0.632. The van der Waals surface area contributed by atoms with Gasteiger partial charge < -0.3 is 20.1 Å². The van der Waals surface area contributed by atoms with Crippen LogP contribution in [0.4, 0.5) is 11.4 Å². The van der Waals surface area contributed by atoms with Gasteiger partial charge in [-0.2, -0.15) is 0 Å². The summed E-state index contributed by atoms with van der Waals surface area (Å²) in [5, 5.41) is 6.77.